The standard InChI is InChI=1S/C22H44O5/c1-20(19-21(25)26-17-10-6-4-8-15-23)13-12-14-22(2,3)27-18-11-7-5-9-16-24/h20,23-24H,4-19H2,1-3H3. The van der Waals surface area contributed by atoms with Crippen LogP contribution in [0.5, 0.6) is 0 Å². The zero-order chi connectivity index (χ0) is 20.4. The fraction of sp³-hybridized carbons (Fsp3) is 0.955. The molecule has 0 spiro atoms. The van der Waals surface area contributed by atoms with Crippen LogP contribution in [-0.4, -0.2) is 48.2 Å². The summed E-state index contributed by atoms with van der Waals surface area (Å²) in [6.45, 7) is 8.17. The Morgan fingerprint density at radius 2 is 1.41 bits per heavy atom. The van der Waals surface area contributed by atoms with Crippen molar-refractivity contribution in [2.24, 2.45) is 5.92 Å². The van der Waals surface area contributed by atoms with Crippen molar-refractivity contribution in [3.05, 3.63) is 0 Å². The predicted octanol–water partition coefficient (Wildman–Crippen LogP) is 4.63. The second-order valence-corrected chi connectivity index (χ2v) is 8.31. The number of ether oxygens (including phenoxy) is 2. The minimum Gasteiger partial charge on any atom is -0.466 e. The molecule has 1 atom stereocenters. The van der Waals surface area contributed by atoms with Gasteiger partial charge >= 0.3 is 5.97 Å². The van der Waals surface area contributed by atoms with Gasteiger partial charge in [0, 0.05) is 26.2 Å². The third-order valence-corrected chi connectivity index (χ3v) is 4.85. The fourth-order valence-corrected chi connectivity index (χ4v) is 3.06. The minimum atomic E-state index is -0.119. The van der Waals surface area contributed by atoms with Crippen LogP contribution in [0.25, 0.3) is 0 Å². The number of esters is 1. The number of hydrogen-bond donors (Lipinski definition) is 2. The van der Waals surface area contributed by atoms with Crippen molar-refractivity contribution in [2.75, 3.05) is 26.4 Å². The van der Waals surface area contributed by atoms with Gasteiger partial charge in [-0.05, 0) is 58.3 Å². The van der Waals surface area contributed by atoms with E-state index in [0.29, 0.717) is 18.9 Å². The molecule has 162 valence electrons. The van der Waals surface area contributed by atoms with E-state index in [0.717, 1.165) is 77.2 Å². The third kappa shape index (κ3) is 18.5. The van der Waals surface area contributed by atoms with Crippen LogP contribution in [0.4, 0.5) is 0 Å². The molecule has 27 heavy (non-hydrogen) atoms. The summed E-state index contributed by atoms with van der Waals surface area (Å²) in [5.41, 5.74) is -0.119. The molecule has 5 heteroatoms. The van der Waals surface area contributed by atoms with Gasteiger partial charge in [0.2, 0.25) is 0 Å². The van der Waals surface area contributed by atoms with Crippen LogP contribution in [0.2, 0.25) is 0 Å². The molecule has 0 aliphatic rings. The first kappa shape index (κ1) is 26.4. The molecular formula is C22H44O5. The van der Waals surface area contributed by atoms with Crippen LogP contribution in [0.15, 0.2) is 0 Å². The number of rotatable bonds is 19. The lowest BCUT2D eigenvalue weighted by Gasteiger charge is -2.26. The highest BCUT2D eigenvalue weighted by Crippen LogP contribution is 2.22. The Balaban J connectivity index is 3.66. The largest absolute Gasteiger partial charge is 0.466 e. The normalized spacial score (nSPS) is 12.9. The molecule has 0 aliphatic carbocycles. The highest BCUT2D eigenvalue weighted by atomic mass is 16.5. The van der Waals surface area contributed by atoms with Gasteiger partial charge in [-0.3, -0.25) is 4.79 Å². The third-order valence-electron chi connectivity index (χ3n) is 4.85. The van der Waals surface area contributed by atoms with Gasteiger partial charge in [0.15, 0.2) is 0 Å². The molecule has 0 saturated heterocycles. The summed E-state index contributed by atoms with van der Waals surface area (Å²) in [5, 5.41) is 17.5. The van der Waals surface area contributed by atoms with Crippen molar-refractivity contribution < 1.29 is 24.5 Å². The Bertz CT molecular complexity index is 344. The topological polar surface area (TPSA) is 76.0 Å². The zero-order valence-corrected chi connectivity index (χ0v) is 18.0. The summed E-state index contributed by atoms with van der Waals surface area (Å²) in [6.07, 6.45) is 11.3. The molecule has 0 aromatic carbocycles. The van der Waals surface area contributed by atoms with Crippen molar-refractivity contribution in [2.45, 2.75) is 103 Å². The highest BCUT2D eigenvalue weighted by Gasteiger charge is 2.19. The molecule has 0 aromatic heterocycles. The molecule has 0 aliphatic heterocycles. The number of hydrogen-bond acceptors (Lipinski definition) is 5. The lowest BCUT2D eigenvalue weighted by Crippen LogP contribution is -2.25. The van der Waals surface area contributed by atoms with Crippen LogP contribution in [0, 0.1) is 5.92 Å². The molecule has 0 saturated carbocycles. The minimum absolute atomic E-state index is 0.0944. The molecule has 0 bridgehead atoms. The van der Waals surface area contributed by atoms with Gasteiger partial charge < -0.3 is 19.7 Å². The molecule has 5 nitrogen and oxygen atoms in total. The van der Waals surface area contributed by atoms with Crippen molar-refractivity contribution in [1.82, 2.24) is 0 Å². The highest BCUT2D eigenvalue weighted by molar-refractivity contribution is 5.69. The quantitative estimate of drug-likeness (QED) is 0.249. The second kappa shape index (κ2) is 17.4. The predicted molar refractivity (Wildman–Crippen MR) is 110 cm³/mol. The van der Waals surface area contributed by atoms with Gasteiger partial charge in [-0.15, -0.1) is 0 Å². The molecule has 0 fully saturated rings. The Morgan fingerprint density at radius 3 is 2.00 bits per heavy atom. The number of aliphatic hydroxyl groups excluding tert-OH is 2. The number of carbonyl (C=O) groups is 1. The Labute approximate surface area is 166 Å². The van der Waals surface area contributed by atoms with Gasteiger partial charge in [0.1, 0.15) is 0 Å². The Kier molecular flexibility index (Phi) is 17.0. The van der Waals surface area contributed by atoms with Crippen molar-refractivity contribution in [3.8, 4) is 0 Å². The summed E-state index contributed by atoms with van der Waals surface area (Å²) in [6, 6.07) is 0. The number of unbranched alkanes of at least 4 members (excludes halogenated alkanes) is 6. The summed E-state index contributed by atoms with van der Waals surface area (Å²) >= 11 is 0. The summed E-state index contributed by atoms with van der Waals surface area (Å²) < 4.78 is 11.3. The maximum absolute atomic E-state index is 11.8. The zero-order valence-electron chi connectivity index (χ0n) is 18.0. The van der Waals surface area contributed by atoms with Gasteiger partial charge in [-0.2, -0.15) is 0 Å². The van der Waals surface area contributed by atoms with Crippen LogP contribution >= 0.6 is 0 Å². The first-order chi connectivity index (χ1) is 12.9. The van der Waals surface area contributed by atoms with Gasteiger partial charge in [0.05, 0.1) is 12.2 Å². The molecule has 2 N–H and O–H groups in total. The SMILES string of the molecule is CC(CCCC(C)(C)OCCCCCCO)CC(=O)OCCCCCCO. The monoisotopic (exact) mass is 388 g/mol. The molecular weight excluding hydrogens is 344 g/mol. The van der Waals surface area contributed by atoms with E-state index in [9.17, 15) is 4.79 Å². The fourth-order valence-electron chi connectivity index (χ4n) is 3.06. The maximum Gasteiger partial charge on any atom is 0.306 e. The molecule has 0 heterocycles. The lowest BCUT2D eigenvalue weighted by atomic mass is 9.95. The second-order valence-electron chi connectivity index (χ2n) is 8.31. The van der Waals surface area contributed by atoms with Crippen LogP contribution in [0.1, 0.15) is 97.8 Å². The van der Waals surface area contributed by atoms with Crippen LogP contribution in [-0.2, 0) is 14.3 Å². The van der Waals surface area contributed by atoms with E-state index in [1.54, 1.807) is 0 Å². The van der Waals surface area contributed by atoms with E-state index in [-0.39, 0.29) is 24.8 Å². The van der Waals surface area contributed by atoms with E-state index in [2.05, 4.69) is 20.8 Å². The Hall–Kier alpha value is -0.650. The van der Waals surface area contributed by atoms with Gasteiger partial charge in [-0.1, -0.05) is 39.0 Å². The van der Waals surface area contributed by atoms with E-state index in [4.69, 9.17) is 19.7 Å². The Morgan fingerprint density at radius 1 is 0.852 bits per heavy atom. The molecule has 1 unspecified atom stereocenters. The summed E-state index contributed by atoms with van der Waals surface area (Å²) in [5.74, 6) is 0.240. The van der Waals surface area contributed by atoms with Gasteiger partial charge in [-0.25, -0.2) is 0 Å². The van der Waals surface area contributed by atoms with Crippen LogP contribution in [0.3, 0.4) is 0 Å². The number of carbonyl (C=O) groups excluding carboxylic acids is 1. The van der Waals surface area contributed by atoms with Crippen molar-refractivity contribution in [3.63, 3.8) is 0 Å². The number of aliphatic hydroxyl groups is 2. The van der Waals surface area contributed by atoms with Crippen LogP contribution < -0.4 is 0 Å². The summed E-state index contributed by atoms with van der Waals surface area (Å²) in [4.78, 5) is 11.8. The molecule has 0 radical (unpaired) electrons. The van der Waals surface area contributed by atoms with E-state index in [1.165, 1.54) is 0 Å². The average Bonchev–Trinajstić information content (AvgIpc) is 2.60. The molecule has 0 amide bonds. The van der Waals surface area contributed by atoms with Crippen molar-refractivity contribution >= 4 is 5.97 Å². The maximum atomic E-state index is 11.8. The smallest absolute Gasteiger partial charge is 0.306 e. The van der Waals surface area contributed by atoms with Gasteiger partial charge in [0.25, 0.3) is 0 Å². The van der Waals surface area contributed by atoms with Crippen molar-refractivity contribution in [1.29, 1.82) is 0 Å². The summed E-state index contributed by atoms with van der Waals surface area (Å²) in [7, 11) is 0. The first-order valence-electron chi connectivity index (χ1n) is 10.9. The van der Waals surface area contributed by atoms with E-state index in [1.807, 2.05) is 0 Å². The van der Waals surface area contributed by atoms with E-state index < -0.39 is 0 Å². The first-order valence-corrected chi connectivity index (χ1v) is 10.9. The van der Waals surface area contributed by atoms with E-state index >= 15 is 0 Å². The molecule has 0 aromatic rings. The average molecular weight is 389 g/mol. The molecule has 0 rings (SSSR count). The lowest BCUT2D eigenvalue weighted by molar-refractivity contribution is -0.144.